The summed E-state index contributed by atoms with van der Waals surface area (Å²) >= 11 is 1.59. The lowest BCUT2D eigenvalue weighted by Gasteiger charge is -1.93. The van der Waals surface area contributed by atoms with Crippen molar-refractivity contribution in [3.05, 3.63) is 11.7 Å². The van der Waals surface area contributed by atoms with Gasteiger partial charge in [0.15, 0.2) is 5.82 Å². The molecule has 5 heteroatoms. The SMILES string of the molecule is CC(C)c1noc(CSCCO)n1. The second kappa shape index (κ2) is 5.24. The smallest absolute Gasteiger partial charge is 0.236 e. The largest absolute Gasteiger partial charge is 0.396 e. The van der Waals surface area contributed by atoms with E-state index in [0.717, 1.165) is 5.82 Å². The number of hydrogen-bond acceptors (Lipinski definition) is 5. The van der Waals surface area contributed by atoms with Gasteiger partial charge in [0.05, 0.1) is 12.4 Å². The maximum absolute atomic E-state index is 8.55. The van der Waals surface area contributed by atoms with Gasteiger partial charge in [0.25, 0.3) is 0 Å². The predicted octanol–water partition coefficient (Wildman–Crippen LogP) is 1.42. The minimum absolute atomic E-state index is 0.190. The highest BCUT2D eigenvalue weighted by molar-refractivity contribution is 7.98. The first-order valence-corrected chi connectivity index (χ1v) is 5.40. The van der Waals surface area contributed by atoms with Crippen LogP contribution < -0.4 is 0 Å². The van der Waals surface area contributed by atoms with E-state index in [1.165, 1.54) is 0 Å². The van der Waals surface area contributed by atoms with E-state index in [0.29, 0.717) is 23.3 Å². The number of aliphatic hydroxyl groups is 1. The zero-order valence-corrected chi connectivity index (χ0v) is 8.67. The fourth-order valence-electron chi connectivity index (χ4n) is 0.785. The summed E-state index contributed by atoms with van der Waals surface area (Å²) in [6, 6.07) is 0. The van der Waals surface area contributed by atoms with Gasteiger partial charge in [-0.2, -0.15) is 4.98 Å². The summed E-state index contributed by atoms with van der Waals surface area (Å²) in [7, 11) is 0. The van der Waals surface area contributed by atoms with Gasteiger partial charge in [-0.1, -0.05) is 19.0 Å². The Bertz CT molecular complexity index is 250. The fourth-order valence-corrected chi connectivity index (χ4v) is 1.35. The second-order valence-electron chi connectivity index (χ2n) is 2.98. The van der Waals surface area contributed by atoms with Gasteiger partial charge >= 0.3 is 0 Å². The Kier molecular flexibility index (Phi) is 4.24. The lowest BCUT2D eigenvalue weighted by atomic mass is 10.2. The number of rotatable bonds is 5. The maximum Gasteiger partial charge on any atom is 0.236 e. The summed E-state index contributed by atoms with van der Waals surface area (Å²) in [4.78, 5) is 4.20. The Hall–Kier alpha value is -0.550. The average Bonchev–Trinajstić information content (AvgIpc) is 2.53. The summed E-state index contributed by atoms with van der Waals surface area (Å²) in [6.07, 6.45) is 0. The molecule has 0 aliphatic carbocycles. The number of aromatic nitrogens is 2. The van der Waals surface area contributed by atoms with E-state index in [-0.39, 0.29) is 6.61 Å². The molecule has 1 rings (SSSR count). The molecule has 0 atom stereocenters. The third-order valence-corrected chi connectivity index (χ3v) is 2.38. The molecule has 0 aromatic carbocycles. The highest BCUT2D eigenvalue weighted by atomic mass is 32.2. The van der Waals surface area contributed by atoms with Crippen LogP contribution in [0, 0.1) is 0 Å². The van der Waals surface area contributed by atoms with E-state index in [1.54, 1.807) is 11.8 Å². The summed E-state index contributed by atoms with van der Waals surface area (Å²) in [5.74, 6) is 3.08. The van der Waals surface area contributed by atoms with E-state index in [4.69, 9.17) is 9.63 Å². The topological polar surface area (TPSA) is 59.2 Å². The Morgan fingerprint density at radius 3 is 2.85 bits per heavy atom. The monoisotopic (exact) mass is 202 g/mol. The fraction of sp³-hybridized carbons (Fsp3) is 0.750. The Labute approximate surface area is 81.7 Å². The number of thioether (sulfide) groups is 1. The van der Waals surface area contributed by atoms with Gasteiger partial charge in [-0.05, 0) is 0 Å². The van der Waals surface area contributed by atoms with Crippen LogP contribution in [0.1, 0.15) is 31.5 Å². The third kappa shape index (κ3) is 3.36. The minimum Gasteiger partial charge on any atom is -0.396 e. The molecule has 4 nitrogen and oxygen atoms in total. The number of hydrogen-bond donors (Lipinski definition) is 1. The molecule has 0 radical (unpaired) electrons. The van der Waals surface area contributed by atoms with Crippen molar-refractivity contribution >= 4 is 11.8 Å². The number of aliphatic hydroxyl groups excluding tert-OH is 1. The first kappa shape index (κ1) is 10.5. The molecule has 0 aliphatic heterocycles. The number of nitrogens with zero attached hydrogens (tertiary/aromatic N) is 2. The van der Waals surface area contributed by atoms with Crippen LogP contribution in [-0.4, -0.2) is 27.6 Å². The van der Waals surface area contributed by atoms with Gasteiger partial charge in [0.1, 0.15) is 0 Å². The highest BCUT2D eigenvalue weighted by Crippen LogP contribution is 2.13. The molecule has 13 heavy (non-hydrogen) atoms. The molecule has 0 fully saturated rings. The van der Waals surface area contributed by atoms with E-state index >= 15 is 0 Å². The van der Waals surface area contributed by atoms with Gasteiger partial charge in [-0.25, -0.2) is 0 Å². The quantitative estimate of drug-likeness (QED) is 0.732. The van der Waals surface area contributed by atoms with Crippen molar-refractivity contribution in [3.8, 4) is 0 Å². The predicted molar refractivity (Wildman–Crippen MR) is 51.6 cm³/mol. The van der Waals surface area contributed by atoms with Gasteiger partial charge in [0.2, 0.25) is 5.89 Å². The Morgan fingerprint density at radius 2 is 2.31 bits per heavy atom. The lowest BCUT2D eigenvalue weighted by molar-refractivity contribution is 0.322. The molecule has 0 amide bonds. The van der Waals surface area contributed by atoms with Crippen LogP contribution in [0.5, 0.6) is 0 Å². The second-order valence-corrected chi connectivity index (χ2v) is 4.08. The molecule has 74 valence electrons. The standard InChI is InChI=1S/C8H14N2O2S/c1-6(2)8-9-7(12-10-8)5-13-4-3-11/h6,11H,3-5H2,1-2H3. The molecule has 0 saturated carbocycles. The van der Waals surface area contributed by atoms with Crippen LogP contribution in [0.4, 0.5) is 0 Å². The van der Waals surface area contributed by atoms with Crippen LogP contribution in [0.25, 0.3) is 0 Å². The van der Waals surface area contributed by atoms with E-state index in [2.05, 4.69) is 10.1 Å². The zero-order chi connectivity index (χ0) is 9.68. The first-order chi connectivity index (χ1) is 6.24. The molecule has 0 saturated heterocycles. The molecule has 1 aromatic heterocycles. The van der Waals surface area contributed by atoms with Gasteiger partial charge in [0, 0.05) is 11.7 Å². The molecule has 0 spiro atoms. The van der Waals surface area contributed by atoms with Crippen molar-refractivity contribution in [2.24, 2.45) is 0 Å². The van der Waals surface area contributed by atoms with E-state index in [1.807, 2.05) is 13.8 Å². The zero-order valence-electron chi connectivity index (χ0n) is 7.86. The Morgan fingerprint density at radius 1 is 1.54 bits per heavy atom. The molecule has 0 unspecified atom stereocenters. The van der Waals surface area contributed by atoms with Crippen molar-refractivity contribution in [3.63, 3.8) is 0 Å². The Balaban J connectivity index is 2.40. The van der Waals surface area contributed by atoms with Gasteiger partial charge in [-0.15, -0.1) is 11.8 Å². The molecule has 0 bridgehead atoms. The normalized spacial score (nSPS) is 11.1. The van der Waals surface area contributed by atoms with E-state index in [9.17, 15) is 0 Å². The van der Waals surface area contributed by atoms with Crippen LogP contribution in [0.3, 0.4) is 0 Å². The molecule has 1 N–H and O–H groups in total. The summed E-state index contributed by atoms with van der Waals surface area (Å²) in [6.45, 7) is 4.24. The van der Waals surface area contributed by atoms with Gasteiger partial charge < -0.3 is 9.63 Å². The molecule has 0 aliphatic rings. The van der Waals surface area contributed by atoms with Crippen molar-refractivity contribution in [1.82, 2.24) is 10.1 Å². The third-order valence-electron chi connectivity index (χ3n) is 1.46. The van der Waals surface area contributed by atoms with Crippen LogP contribution in [-0.2, 0) is 5.75 Å². The van der Waals surface area contributed by atoms with E-state index < -0.39 is 0 Å². The van der Waals surface area contributed by atoms with Gasteiger partial charge in [-0.3, -0.25) is 0 Å². The highest BCUT2D eigenvalue weighted by Gasteiger charge is 2.08. The van der Waals surface area contributed by atoms with Crippen LogP contribution >= 0.6 is 11.8 Å². The first-order valence-electron chi connectivity index (χ1n) is 4.25. The summed E-state index contributed by atoms with van der Waals surface area (Å²) < 4.78 is 5.01. The molecule has 1 heterocycles. The van der Waals surface area contributed by atoms with Crippen molar-refractivity contribution < 1.29 is 9.63 Å². The molecular weight excluding hydrogens is 188 g/mol. The van der Waals surface area contributed by atoms with Crippen molar-refractivity contribution in [2.75, 3.05) is 12.4 Å². The lowest BCUT2D eigenvalue weighted by Crippen LogP contribution is -1.91. The molecular formula is C8H14N2O2S. The summed E-state index contributed by atoms with van der Waals surface area (Å²) in [5, 5.41) is 12.4. The van der Waals surface area contributed by atoms with Crippen molar-refractivity contribution in [2.45, 2.75) is 25.5 Å². The minimum atomic E-state index is 0.190. The van der Waals surface area contributed by atoms with Crippen LogP contribution in [0.15, 0.2) is 4.52 Å². The molecule has 1 aromatic rings. The summed E-state index contributed by atoms with van der Waals surface area (Å²) in [5.41, 5.74) is 0. The average molecular weight is 202 g/mol. The maximum atomic E-state index is 8.55. The van der Waals surface area contributed by atoms with Crippen molar-refractivity contribution in [1.29, 1.82) is 0 Å². The van der Waals surface area contributed by atoms with Crippen LogP contribution in [0.2, 0.25) is 0 Å².